The van der Waals surface area contributed by atoms with Crippen LogP contribution >= 0.6 is 0 Å². The van der Waals surface area contributed by atoms with Gasteiger partial charge in [0.1, 0.15) is 0 Å². The summed E-state index contributed by atoms with van der Waals surface area (Å²) in [5.74, 6) is -2.51. The van der Waals surface area contributed by atoms with Crippen LogP contribution in [0.2, 0.25) is 0 Å². The monoisotopic (exact) mass is 205 g/mol. The van der Waals surface area contributed by atoms with Gasteiger partial charge in [0.2, 0.25) is 0 Å². The zero-order valence-corrected chi connectivity index (χ0v) is 7.28. The molecule has 0 atom stereocenters. The predicted molar refractivity (Wildman–Crippen MR) is 24.4 cm³/mol. The van der Waals surface area contributed by atoms with Crippen molar-refractivity contribution in [2.24, 2.45) is 0 Å². The Morgan fingerprint density at radius 1 is 1.00 bits per heavy atom. The molecule has 0 aromatic carbocycles. The summed E-state index contributed by atoms with van der Waals surface area (Å²) in [4.78, 5) is 19.1. The van der Waals surface area contributed by atoms with Crippen molar-refractivity contribution in [2.75, 3.05) is 0 Å². The van der Waals surface area contributed by atoms with E-state index < -0.39 is 11.9 Å². The molecule has 9 heavy (non-hydrogen) atoms. The third-order valence-electron chi connectivity index (χ3n) is 0.368. The summed E-state index contributed by atoms with van der Waals surface area (Å²) in [5.41, 5.74) is 0. The van der Waals surface area contributed by atoms with Crippen LogP contribution in [0.4, 0.5) is 0 Å². The second-order valence-electron chi connectivity index (χ2n) is 1.01. The topological polar surface area (TPSA) is 74.6 Å². The van der Waals surface area contributed by atoms with Gasteiger partial charge in [0, 0.05) is 44.9 Å². The third kappa shape index (κ3) is 11.4. The van der Waals surface area contributed by atoms with Crippen molar-refractivity contribution in [3.05, 3.63) is 12.2 Å². The normalized spacial score (nSPS) is 8.44. The first kappa shape index (κ1) is 11.6. The Morgan fingerprint density at radius 2 is 1.22 bits per heavy atom. The van der Waals surface area contributed by atoms with Crippen molar-refractivity contribution in [1.29, 1.82) is 0 Å². The van der Waals surface area contributed by atoms with Gasteiger partial charge in [-0.15, -0.1) is 0 Å². The minimum absolute atomic E-state index is 0. The van der Waals surface area contributed by atoms with Crippen LogP contribution < -0.4 is 0 Å². The van der Waals surface area contributed by atoms with E-state index in [0.29, 0.717) is 12.2 Å². The van der Waals surface area contributed by atoms with Crippen molar-refractivity contribution >= 4 is 11.9 Å². The minimum Gasteiger partial charge on any atom is -0.478 e. The van der Waals surface area contributed by atoms with E-state index in [1.165, 1.54) is 0 Å². The number of carbonyl (C=O) groups is 2. The molecule has 0 bridgehead atoms. The molecule has 2 N–H and O–H groups in total. The molecule has 1 radical (unpaired) electrons. The second kappa shape index (κ2) is 5.91. The molecule has 0 aromatic rings. The van der Waals surface area contributed by atoms with Crippen LogP contribution in [-0.4, -0.2) is 22.2 Å². The van der Waals surface area contributed by atoms with Crippen LogP contribution in [0, 0.1) is 0 Å². The summed E-state index contributed by atoms with van der Waals surface area (Å²) in [7, 11) is 0. The minimum atomic E-state index is -1.26. The number of hydrogen-bond acceptors (Lipinski definition) is 2. The van der Waals surface area contributed by atoms with E-state index in [1.807, 2.05) is 0 Å². The Labute approximate surface area is 76.4 Å². The molecular weight excluding hydrogens is 201 g/mol. The molecule has 0 saturated heterocycles. The van der Waals surface area contributed by atoms with Crippen molar-refractivity contribution in [1.82, 2.24) is 0 Å². The van der Waals surface area contributed by atoms with Crippen LogP contribution in [0.3, 0.4) is 0 Å². The van der Waals surface area contributed by atoms with E-state index in [9.17, 15) is 9.59 Å². The fraction of sp³-hybridized carbons (Fsp3) is 0. The molecule has 0 aromatic heterocycles. The van der Waals surface area contributed by atoms with Crippen LogP contribution in [0.15, 0.2) is 12.2 Å². The van der Waals surface area contributed by atoms with Gasteiger partial charge in [-0.1, -0.05) is 0 Å². The fourth-order valence-electron chi connectivity index (χ4n) is 0.143. The maximum absolute atomic E-state index is 9.55. The molecule has 0 unspecified atom stereocenters. The first-order valence-corrected chi connectivity index (χ1v) is 1.77. The van der Waals surface area contributed by atoms with E-state index in [0.717, 1.165) is 0 Å². The molecule has 4 nitrogen and oxygen atoms in total. The SMILES string of the molecule is O=C(O)/C=C\C(=O)O.[Y]. The molecule has 0 heterocycles. The third-order valence-corrected chi connectivity index (χ3v) is 0.368. The number of carboxylic acid groups (broad SMARTS) is 2. The molecular formula is C4H4O4Y. The molecule has 0 fully saturated rings. The van der Waals surface area contributed by atoms with Crippen LogP contribution in [-0.2, 0) is 42.3 Å². The first-order valence-electron chi connectivity index (χ1n) is 1.77. The zero-order chi connectivity index (χ0) is 6.57. The largest absolute Gasteiger partial charge is 0.478 e. The van der Waals surface area contributed by atoms with Crippen molar-refractivity contribution in [2.45, 2.75) is 0 Å². The van der Waals surface area contributed by atoms with Gasteiger partial charge in [-0.2, -0.15) is 0 Å². The molecule has 0 rings (SSSR count). The van der Waals surface area contributed by atoms with Gasteiger partial charge < -0.3 is 10.2 Å². The summed E-state index contributed by atoms with van der Waals surface area (Å²) < 4.78 is 0. The molecule has 0 aliphatic carbocycles. The standard InChI is InChI=1S/C4H4O4.Y/c5-3(6)1-2-4(7)8;/h1-2H,(H,5,6)(H,7,8);/b2-1-;. The number of rotatable bonds is 2. The van der Waals surface area contributed by atoms with E-state index in [4.69, 9.17) is 10.2 Å². The Balaban J connectivity index is 0. The predicted octanol–water partition coefficient (Wildman–Crippen LogP) is -0.291. The number of hydrogen-bond donors (Lipinski definition) is 2. The van der Waals surface area contributed by atoms with Crippen molar-refractivity contribution < 1.29 is 52.5 Å². The summed E-state index contributed by atoms with van der Waals surface area (Å²) in [6.45, 7) is 0. The molecule has 5 heteroatoms. The molecule has 0 saturated carbocycles. The number of aliphatic carboxylic acids is 2. The van der Waals surface area contributed by atoms with Gasteiger partial charge in [-0.05, 0) is 0 Å². The molecule has 0 aliphatic rings. The van der Waals surface area contributed by atoms with E-state index in [-0.39, 0.29) is 32.7 Å². The van der Waals surface area contributed by atoms with E-state index >= 15 is 0 Å². The van der Waals surface area contributed by atoms with E-state index in [1.54, 1.807) is 0 Å². The smallest absolute Gasteiger partial charge is 0.328 e. The molecule has 0 amide bonds. The Hall–Kier alpha value is -0.216. The summed E-state index contributed by atoms with van der Waals surface area (Å²) in [5, 5.41) is 15.6. The summed E-state index contributed by atoms with van der Waals surface area (Å²) >= 11 is 0. The average Bonchev–Trinajstić information content (AvgIpc) is 1.61. The summed E-state index contributed by atoms with van der Waals surface area (Å²) in [6.07, 6.45) is 1.12. The molecule has 47 valence electrons. The van der Waals surface area contributed by atoms with Gasteiger partial charge in [0.05, 0.1) is 0 Å². The quantitative estimate of drug-likeness (QED) is 0.607. The number of carboxylic acids is 2. The van der Waals surface area contributed by atoms with Gasteiger partial charge in [0.15, 0.2) is 0 Å². The summed E-state index contributed by atoms with van der Waals surface area (Å²) in [6, 6.07) is 0. The van der Waals surface area contributed by atoms with Crippen LogP contribution in [0.1, 0.15) is 0 Å². The van der Waals surface area contributed by atoms with Crippen LogP contribution in [0.5, 0.6) is 0 Å². The van der Waals surface area contributed by atoms with Crippen molar-refractivity contribution in [3.8, 4) is 0 Å². The van der Waals surface area contributed by atoms with Gasteiger partial charge in [0.25, 0.3) is 0 Å². The second-order valence-corrected chi connectivity index (χ2v) is 1.01. The maximum atomic E-state index is 9.55. The van der Waals surface area contributed by atoms with Crippen molar-refractivity contribution in [3.63, 3.8) is 0 Å². The first-order chi connectivity index (χ1) is 3.63. The Morgan fingerprint density at radius 3 is 1.33 bits per heavy atom. The molecule has 0 spiro atoms. The molecule has 0 aliphatic heterocycles. The average molecular weight is 205 g/mol. The van der Waals surface area contributed by atoms with Gasteiger partial charge in [-0.25, -0.2) is 9.59 Å². The maximum Gasteiger partial charge on any atom is 0.328 e. The zero-order valence-electron chi connectivity index (χ0n) is 4.44. The van der Waals surface area contributed by atoms with Crippen LogP contribution in [0.25, 0.3) is 0 Å². The van der Waals surface area contributed by atoms with Gasteiger partial charge in [-0.3, -0.25) is 0 Å². The Bertz CT molecular complexity index is 124. The Kier molecular flexibility index (Phi) is 7.60. The van der Waals surface area contributed by atoms with Gasteiger partial charge >= 0.3 is 11.9 Å². The van der Waals surface area contributed by atoms with E-state index in [2.05, 4.69) is 0 Å². The fourth-order valence-corrected chi connectivity index (χ4v) is 0.143.